The maximum atomic E-state index is 13.0. The molecular weight excluding hydrogens is 418 g/mol. The molecule has 31 heavy (non-hydrogen) atoms. The number of anilines is 3. The molecule has 162 valence electrons. The number of hydrogen-bond acceptors (Lipinski definition) is 6. The third-order valence-corrected chi connectivity index (χ3v) is 5.64. The van der Waals surface area contributed by atoms with Gasteiger partial charge < -0.3 is 30.8 Å². The number of aromatic nitrogens is 2. The van der Waals surface area contributed by atoms with E-state index in [9.17, 15) is 4.79 Å². The van der Waals surface area contributed by atoms with Gasteiger partial charge in [0.1, 0.15) is 5.82 Å². The predicted octanol–water partition coefficient (Wildman–Crippen LogP) is 3.93. The maximum absolute atomic E-state index is 13.0. The van der Waals surface area contributed by atoms with Gasteiger partial charge in [0.15, 0.2) is 5.75 Å². The number of para-hydroxylation sites is 1. The van der Waals surface area contributed by atoms with E-state index in [1.165, 1.54) is 0 Å². The molecule has 3 heterocycles. The van der Waals surface area contributed by atoms with Crippen molar-refractivity contribution in [1.82, 2.24) is 15.3 Å². The number of methoxy groups -OCH3 is 2. The predicted molar refractivity (Wildman–Crippen MR) is 121 cm³/mol. The lowest BCUT2D eigenvalue weighted by Gasteiger charge is -2.23. The van der Waals surface area contributed by atoms with E-state index in [1.807, 2.05) is 18.2 Å². The highest BCUT2D eigenvalue weighted by atomic mass is 35.5. The van der Waals surface area contributed by atoms with E-state index in [0.29, 0.717) is 46.7 Å². The Bertz CT molecular complexity index is 1110. The smallest absolute Gasteiger partial charge is 0.255 e. The molecule has 4 rings (SSSR count). The summed E-state index contributed by atoms with van der Waals surface area (Å²) in [5.74, 6) is 0.808. The highest BCUT2D eigenvalue weighted by molar-refractivity contribution is 6.32. The third kappa shape index (κ3) is 4.04. The molecule has 0 unspecified atom stereocenters. The fraction of sp³-hybridized carbons (Fsp3) is 0.273. The van der Waals surface area contributed by atoms with Crippen molar-refractivity contribution in [3.05, 3.63) is 52.8 Å². The van der Waals surface area contributed by atoms with Gasteiger partial charge in [-0.15, -0.1) is 0 Å². The lowest BCUT2D eigenvalue weighted by Crippen LogP contribution is -2.35. The second-order valence-electron chi connectivity index (χ2n) is 7.27. The third-order valence-electron chi connectivity index (χ3n) is 5.34. The second-order valence-corrected chi connectivity index (χ2v) is 7.67. The molecule has 3 aromatic rings. The molecule has 0 aliphatic carbocycles. The molecule has 0 bridgehead atoms. The molecular formula is C22H24ClN5O3. The number of rotatable bonds is 7. The molecule has 0 spiro atoms. The first kappa shape index (κ1) is 21.0. The van der Waals surface area contributed by atoms with Crippen molar-refractivity contribution in [1.29, 1.82) is 0 Å². The van der Waals surface area contributed by atoms with Crippen LogP contribution in [-0.2, 0) is 4.74 Å². The number of nitrogens with one attached hydrogen (secondary N) is 3. The van der Waals surface area contributed by atoms with Gasteiger partial charge in [-0.1, -0.05) is 17.7 Å². The normalized spacial score (nSPS) is 15.3. The zero-order valence-corrected chi connectivity index (χ0v) is 18.0. The number of nitrogens with two attached hydrogens (primary N) is 1. The van der Waals surface area contributed by atoms with Gasteiger partial charge in [-0.3, -0.25) is 4.79 Å². The van der Waals surface area contributed by atoms with Crippen LogP contribution in [-0.4, -0.2) is 43.2 Å². The number of hydrogen-bond donors (Lipinski definition) is 4. The van der Waals surface area contributed by atoms with Gasteiger partial charge in [0.05, 0.1) is 34.8 Å². The summed E-state index contributed by atoms with van der Waals surface area (Å²) < 4.78 is 10.7. The van der Waals surface area contributed by atoms with Crippen LogP contribution in [0.1, 0.15) is 28.4 Å². The molecule has 9 heteroatoms. The molecule has 5 N–H and O–H groups in total. The van der Waals surface area contributed by atoms with Gasteiger partial charge >= 0.3 is 0 Å². The van der Waals surface area contributed by atoms with Crippen LogP contribution in [0.2, 0.25) is 5.02 Å². The van der Waals surface area contributed by atoms with Gasteiger partial charge in [-0.25, -0.2) is 4.98 Å². The number of amides is 1. The van der Waals surface area contributed by atoms with Crippen LogP contribution in [0.5, 0.6) is 5.75 Å². The fourth-order valence-corrected chi connectivity index (χ4v) is 4.12. The van der Waals surface area contributed by atoms with E-state index in [2.05, 4.69) is 20.6 Å². The van der Waals surface area contributed by atoms with Gasteiger partial charge in [0.25, 0.3) is 5.91 Å². The van der Waals surface area contributed by atoms with E-state index < -0.39 is 0 Å². The Morgan fingerprint density at radius 3 is 2.90 bits per heavy atom. The minimum Gasteiger partial charge on any atom is -0.493 e. The molecule has 1 aliphatic rings. The number of aromatic amines is 1. The van der Waals surface area contributed by atoms with Crippen molar-refractivity contribution in [2.45, 2.75) is 12.3 Å². The average molecular weight is 442 g/mol. The Morgan fingerprint density at radius 2 is 2.16 bits per heavy atom. The SMILES string of the molecule is COCC[C@H]1CNC(=O)c2c1[nH]c(-c1ccnc(N)c1)c2Nc1cccc(Cl)c1OC. The molecule has 8 nitrogen and oxygen atoms in total. The second kappa shape index (κ2) is 8.87. The molecule has 2 aromatic heterocycles. The first-order valence-corrected chi connectivity index (χ1v) is 10.3. The first-order chi connectivity index (χ1) is 15.0. The number of ether oxygens (including phenoxy) is 2. The van der Waals surface area contributed by atoms with Crippen LogP contribution < -0.4 is 21.1 Å². The van der Waals surface area contributed by atoms with Crippen molar-refractivity contribution in [2.75, 3.05) is 38.4 Å². The molecule has 1 amide bonds. The lowest BCUT2D eigenvalue weighted by atomic mass is 9.94. The number of nitrogens with zero attached hydrogens (tertiary/aromatic N) is 1. The summed E-state index contributed by atoms with van der Waals surface area (Å²) in [7, 11) is 3.22. The Labute approximate surface area is 185 Å². The minimum atomic E-state index is -0.156. The van der Waals surface area contributed by atoms with Crippen molar-refractivity contribution in [2.24, 2.45) is 0 Å². The minimum absolute atomic E-state index is 0.0855. The average Bonchev–Trinajstić information content (AvgIpc) is 3.14. The van der Waals surface area contributed by atoms with E-state index in [1.54, 1.807) is 32.5 Å². The van der Waals surface area contributed by atoms with E-state index in [-0.39, 0.29) is 11.8 Å². The molecule has 0 radical (unpaired) electrons. The van der Waals surface area contributed by atoms with Crippen LogP contribution >= 0.6 is 11.6 Å². The summed E-state index contributed by atoms with van der Waals surface area (Å²) in [5.41, 5.74) is 10.2. The number of H-pyrrole nitrogens is 1. The quantitative estimate of drug-likeness (QED) is 0.441. The summed E-state index contributed by atoms with van der Waals surface area (Å²) in [4.78, 5) is 20.5. The standard InChI is InChI=1S/C22H24ClN5O3/c1-30-9-7-13-11-26-22(29)17-18(13)28-19(12-6-8-25-16(24)10-12)20(17)27-15-5-3-4-14(23)21(15)31-2/h3-6,8,10,13,27-28H,7,9,11H2,1-2H3,(H2,24,25)(H,26,29)/t13-/m0/s1. The number of pyridine rings is 1. The Hall–Kier alpha value is -3.23. The molecule has 1 aliphatic heterocycles. The van der Waals surface area contributed by atoms with E-state index in [0.717, 1.165) is 23.4 Å². The van der Waals surface area contributed by atoms with Crippen molar-refractivity contribution < 1.29 is 14.3 Å². The number of carbonyl (C=O) groups is 1. The van der Waals surface area contributed by atoms with Gasteiger partial charge in [-0.05, 0) is 30.7 Å². The largest absolute Gasteiger partial charge is 0.493 e. The number of nitrogen functional groups attached to an aromatic ring is 1. The van der Waals surface area contributed by atoms with Crippen LogP contribution in [0.4, 0.5) is 17.2 Å². The number of fused-ring (bicyclic) bond motifs is 1. The number of carbonyl (C=O) groups excluding carboxylic acids is 1. The summed E-state index contributed by atoms with van der Waals surface area (Å²) >= 11 is 6.31. The van der Waals surface area contributed by atoms with Crippen LogP contribution in [0.3, 0.4) is 0 Å². The van der Waals surface area contributed by atoms with E-state index >= 15 is 0 Å². The molecule has 1 aromatic carbocycles. The molecule has 0 saturated heterocycles. The highest BCUT2D eigenvalue weighted by Crippen LogP contribution is 2.43. The van der Waals surface area contributed by atoms with Gasteiger partial charge in [0.2, 0.25) is 0 Å². The summed E-state index contributed by atoms with van der Waals surface area (Å²) in [6.45, 7) is 1.12. The van der Waals surface area contributed by atoms with Crippen LogP contribution in [0.25, 0.3) is 11.3 Å². The fourth-order valence-electron chi connectivity index (χ4n) is 3.87. The van der Waals surface area contributed by atoms with Crippen molar-refractivity contribution >= 4 is 34.7 Å². The van der Waals surface area contributed by atoms with Gasteiger partial charge in [0, 0.05) is 43.6 Å². The summed E-state index contributed by atoms with van der Waals surface area (Å²) in [6, 6.07) is 9.02. The Morgan fingerprint density at radius 1 is 1.32 bits per heavy atom. The number of benzene rings is 1. The number of halogens is 1. The topological polar surface area (TPSA) is 114 Å². The zero-order valence-electron chi connectivity index (χ0n) is 17.3. The highest BCUT2D eigenvalue weighted by Gasteiger charge is 2.33. The Balaban J connectivity index is 1.89. The monoisotopic (exact) mass is 441 g/mol. The zero-order chi connectivity index (χ0) is 22.0. The molecule has 1 atom stereocenters. The summed E-state index contributed by atoms with van der Waals surface area (Å²) in [6.07, 6.45) is 2.40. The summed E-state index contributed by atoms with van der Waals surface area (Å²) in [5, 5.41) is 6.83. The van der Waals surface area contributed by atoms with Gasteiger partial charge in [-0.2, -0.15) is 0 Å². The molecule has 0 saturated carbocycles. The van der Waals surface area contributed by atoms with Crippen molar-refractivity contribution in [3.63, 3.8) is 0 Å². The van der Waals surface area contributed by atoms with E-state index in [4.69, 9.17) is 26.8 Å². The van der Waals surface area contributed by atoms with Crippen molar-refractivity contribution in [3.8, 4) is 17.0 Å². The van der Waals surface area contributed by atoms with Crippen LogP contribution in [0.15, 0.2) is 36.5 Å². The Kier molecular flexibility index (Phi) is 6.01. The maximum Gasteiger partial charge on any atom is 0.255 e. The first-order valence-electron chi connectivity index (χ1n) is 9.87. The molecule has 0 fully saturated rings. The van der Waals surface area contributed by atoms with Crippen LogP contribution in [0, 0.1) is 0 Å². The lowest BCUT2D eigenvalue weighted by molar-refractivity contribution is 0.0935.